The number of carbonyl (C=O) groups is 1. The van der Waals surface area contributed by atoms with Crippen molar-refractivity contribution in [1.82, 2.24) is 9.88 Å². The molecule has 0 atom stereocenters. The Kier molecular flexibility index (Phi) is 5.16. The topological polar surface area (TPSA) is 53.2 Å². The quantitative estimate of drug-likeness (QED) is 0.755. The highest BCUT2D eigenvalue weighted by atomic mass is 19.1. The average Bonchev–Trinajstić information content (AvgIpc) is 2.61. The Morgan fingerprint density at radius 3 is 2.50 bits per heavy atom. The first-order valence-electron chi connectivity index (χ1n) is 8.60. The third-order valence-corrected chi connectivity index (χ3v) is 4.16. The number of halogens is 1. The number of benzene rings is 2. The van der Waals surface area contributed by atoms with E-state index in [9.17, 15) is 14.0 Å². The van der Waals surface area contributed by atoms with Crippen molar-refractivity contribution >= 4 is 16.8 Å². The Morgan fingerprint density at radius 1 is 1.12 bits per heavy atom. The summed E-state index contributed by atoms with van der Waals surface area (Å²) in [6.45, 7) is 4.72. The van der Waals surface area contributed by atoms with E-state index >= 15 is 0 Å². The minimum Gasteiger partial charge on any atom is -0.334 e. The fraction of sp³-hybridized carbons (Fsp3) is 0.238. The van der Waals surface area contributed by atoms with Crippen LogP contribution >= 0.6 is 0 Å². The van der Waals surface area contributed by atoms with Crippen molar-refractivity contribution < 1.29 is 9.18 Å². The molecular formula is C21H21FN2O2. The van der Waals surface area contributed by atoms with Gasteiger partial charge in [0.25, 0.3) is 11.5 Å². The van der Waals surface area contributed by atoms with Crippen LogP contribution in [0.5, 0.6) is 0 Å². The second kappa shape index (κ2) is 7.52. The van der Waals surface area contributed by atoms with E-state index in [1.807, 2.05) is 44.2 Å². The zero-order valence-electron chi connectivity index (χ0n) is 14.8. The zero-order chi connectivity index (χ0) is 18.7. The van der Waals surface area contributed by atoms with E-state index in [2.05, 4.69) is 4.98 Å². The van der Waals surface area contributed by atoms with Crippen LogP contribution in [0.1, 0.15) is 29.8 Å². The van der Waals surface area contributed by atoms with Crippen LogP contribution < -0.4 is 5.56 Å². The Balaban J connectivity index is 1.93. The molecule has 1 N–H and O–H groups in total. The van der Waals surface area contributed by atoms with Gasteiger partial charge in [0, 0.05) is 23.2 Å². The minimum absolute atomic E-state index is 0.203. The van der Waals surface area contributed by atoms with E-state index in [0.717, 1.165) is 10.9 Å². The van der Waals surface area contributed by atoms with Crippen LogP contribution in [0.3, 0.4) is 0 Å². The number of aromatic amines is 1. The van der Waals surface area contributed by atoms with Crippen molar-refractivity contribution in [2.45, 2.75) is 20.4 Å². The molecule has 0 radical (unpaired) electrons. The van der Waals surface area contributed by atoms with Gasteiger partial charge in [0.1, 0.15) is 5.82 Å². The number of pyridine rings is 1. The molecule has 26 heavy (non-hydrogen) atoms. The molecule has 3 aromatic rings. The predicted molar refractivity (Wildman–Crippen MR) is 101 cm³/mol. The van der Waals surface area contributed by atoms with Crippen molar-refractivity contribution in [1.29, 1.82) is 0 Å². The van der Waals surface area contributed by atoms with Gasteiger partial charge in [-0.3, -0.25) is 9.59 Å². The molecular weight excluding hydrogens is 331 g/mol. The molecule has 0 aliphatic heterocycles. The van der Waals surface area contributed by atoms with Crippen LogP contribution in [-0.2, 0) is 6.54 Å². The lowest BCUT2D eigenvalue weighted by atomic mass is 10.1. The molecule has 0 saturated heterocycles. The van der Waals surface area contributed by atoms with Gasteiger partial charge >= 0.3 is 0 Å². The Morgan fingerprint density at radius 2 is 1.81 bits per heavy atom. The van der Waals surface area contributed by atoms with Crippen molar-refractivity contribution in [3.05, 3.63) is 81.9 Å². The maximum Gasteiger partial charge on any atom is 0.254 e. The molecule has 4 nitrogen and oxygen atoms in total. The van der Waals surface area contributed by atoms with Gasteiger partial charge in [-0.1, -0.05) is 32.0 Å². The third-order valence-electron chi connectivity index (χ3n) is 4.16. The van der Waals surface area contributed by atoms with E-state index in [1.165, 1.54) is 24.3 Å². The number of nitrogens with one attached hydrogen (secondary N) is 1. The zero-order valence-corrected chi connectivity index (χ0v) is 14.8. The summed E-state index contributed by atoms with van der Waals surface area (Å²) >= 11 is 0. The lowest BCUT2D eigenvalue weighted by molar-refractivity contribution is 0.0722. The lowest BCUT2D eigenvalue weighted by Gasteiger charge is -2.24. The highest BCUT2D eigenvalue weighted by Crippen LogP contribution is 2.15. The summed E-state index contributed by atoms with van der Waals surface area (Å²) in [6.07, 6.45) is 0. The maximum atomic E-state index is 13.1. The number of hydrogen-bond acceptors (Lipinski definition) is 2. The van der Waals surface area contributed by atoms with Crippen molar-refractivity contribution in [2.24, 2.45) is 5.92 Å². The second-order valence-corrected chi connectivity index (χ2v) is 6.80. The van der Waals surface area contributed by atoms with Crippen molar-refractivity contribution in [3.8, 4) is 0 Å². The first-order valence-corrected chi connectivity index (χ1v) is 8.60. The standard InChI is InChI=1S/C21H21FN2O2/c1-14(2)12-24(21(26)15-7-9-18(22)10-8-15)13-17-11-16-5-3-4-6-19(16)23-20(17)25/h3-11,14H,12-13H2,1-2H3,(H,23,25). The smallest absolute Gasteiger partial charge is 0.254 e. The Labute approximate surface area is 151 Å². The fourth-order valence-corrected chi connectivity index (χ4v) is 2.95. The van der Waals surface area contributed by atoms with Gasteiger partial charge in [-0.05, 0) is 47.7 Å². The summed E-state index contributed by atoms with van der Waals surface area (Å²) < 4.78 is 13.1. The summed E-state index contributed by atoms with van der Waals surface area (Å²) in [5.74, 6) is -0.367. The number of para-hydroxylation sites is 1. The predicted octanol–water partition coefficient (Wildman–Crippen LogP) is 3.97. The number of carbonyl (C=O) groups excluding carboxylic acids is 1. The van der Waals surface area contributed by atoms with E-state index in [0.29, 0.717) is 17.7 Å². The monoisotopic (exact) mass is 352 g/mol. The lowest BCUT2D eigenvalue weighted by Crippen LogP contribution is -2.35. The molecule has 0 saturated carbocycles. The molecule has 0 fully saturated rings. The molecule has 1 amide bonds. The summed E-state index contributed by atoms with van der Waals surface area (Å²) in [4.78, 5) is 29.8. The van der Waals surface area contributed by atoms with Gasteiger partial charge in [0.05, 0.1) is 6.54 Å². The number of rotatable bonds is 5. The number of H-pyrrole nitrogens is 1. The molecule has 0 aliphatic rings. The Hall–Kier alpha value is -2.95. The number of fused-ring (bicyclic) bond motifs is 1. The van der Waals surface area contributed by atoms with E-state index in [1.54, 1.807) is 4.90 Å². The van der Waals surface area contributed by atoms with Crippen molar-refractivity contribution in [3.63, 3.8) is 0 Å². The molecule has 1 aromatic heterocycles. The number of nitrogens with zero attached hydrogens (tertiary/aromatic N) is 1. The van der Waals surface area contributed by atoms with Crippen LogP contribution in [0.25, 0.3) is 10.9 Å². The van der Waals surface area contributed by atoms with Crippen LogP contribution in [0, 0.1) is 11.7 Å². The summed E-state index contributed by atoms with van der Waals surface area (Å²) in [7, 11) is 0. The number of amides is 1. The van der Waals surface area contributed by atoms with Gasteiger partial charge in [-0.2, -0.15) is 0 Å². The molecule has 134 valence electrons. The largest absolute Gasteiger partial charge is 0.334 e. The van der Waals surface area contributed by atoms with Gasteiger partial charge in [-0.25, -0.2) is 4.39 Å². The van der Waals surface area contributed by atoms with Gasteiger partial charge in [-0.15, -0.1) is 0 Å². The molecule has 0 aliphatic carbocycles. The van der Waals surface area contributed by atoms with Crippen LogP contribution in [0.4, 0.5) is 4.39 Å². The highest BCUT2D eigenvalue weighted by Gasteiger charge is 2.19. The summed E-state index contributed by atoms with van der Waals surface area (Å²) in [5.41, 5.74) is 1.50. The summed E-state index contributed by atoms with van der Waals surface area (Å²) in [6, 6.07) is 14.8. The highest BCUT2D eigenvalue weighted by molar-refractivity contribution is 5.94. The average molecular weight is 352 g/mol. The molecule has 3 rings (SSSR count). The first-order chi connectivity index (χ1) is 12.4. The van der Waals surface area contributed by atoms with Crippen molar-refractivity contribution in [2.75, 3.05) is 6.54 Å². The molecule has 0 spiro atoms. The normalized spacial score (nSPS) is 11.1. The first kappa shape index (κ1) is 17.9. The maximum absolute atomic E-state index is 13.1. The molecule has 0 bridgehead atoms. The molecule has 5 heteroatoms. The minimum atomic E-state index is -0.386. The molecule has 0 unspecified atom stereocenters. The fourth-order valence-electron chi connectivity index (χ4n) is 2.95. The van der Waals surface area contributed by atoms with Gasteiger partial charge in [0.2, 0.25) is 0 Å². The van der Waals surface area contributed by atoms with Gasteiger partial charge in [0.15, 0.2) is 0 Å². The number of hydrogen-bond donors (Lipinski definition) is 1. The Bertz CT molecular complexity index is 977. The number of aromatic nitrogens is 1. The SMILES string of the molecule is CC(C)CN(Cc1cc2ccccc2[nH]c1=O)C(=O)c1ccc(F)cc1. The molecule has 2 aromatic carbocycles. The second-order valence-electron chi connectivity index (χ2n) is 6.80. The third kappa shape index (κ3) is 3.99. The van der Waals surface area contributed by atoms with E-state index in [-0.39, 0.29) is 29.7 Å². The van der Waals surface area contributed by atoms with Crippen LogP contribution in [0.2, 0.25) is 0 Å². The van der Waals surface area contributed by atoms with E-state index in [4.69, 9.17) is 0 Å². The van der Waals surface area contributed by atoms with Gasteiger partial charge < -0.3 is 9.88 Å². The van der Waals surface area contributed by atoms with E-state index < -0.39 is 0 Å². The molecule has 1 heterocycles. The van der Waals surface area contributed by atoms with Crippen LogP contribution in [-0.4, -0.2) is 22.3 Å². The van der Waals surface area contributed by atoms with Crippen LogP contribution in [0.15, 0.2) is 59.4 Å². The summed E-state index contributed by atoms with van der Waals surface area (Å²) in [5, 5.41) is 0.917.